The summed E-state index contributed by atoms with van der Waals surface area (Å²) in [5.74, 6) is 3.02. The molecule has 0 unspecified atom stereocenters. The molecule has 0 aromatic heterocycles. The van der Waals surface area contributed by atoms with Crippen molar-refractivity contribution < 1.29 is 4.79 Å². The number of carbonyl (C=O) groups is 1. The largest absolute Gasteiger partial charge is 0.349 e. The lowest BCUT2D eigenvalue weighted by atomic mass is 9.53. The highest BCUT2D eigenvalue weighted by Crippen LogP contribution is 2.55. The molecule has 1 saturated heterocycles. The fourth-order valence-electron chi connectivity index (χ4n) is 6.28. The van der Waals surface area contributed by atoms with Crippen LogP contribution in [0, 0.1) is 17.8 Å². The minimum Gasteiger partial charge on any atom is -0.349 e. The standard InChI is InChI=1S/C19H32N2O/c1-14(21-6-4-2-3-5-7-21)18(22)20-19-11-15-8-16(12-19)10-17(9-15)13-19/h14-17H,2-13H2,1H3,(H,20,22)/t14-,15?,16?,17?,19?/m1/s1. The molecule has 1 N–H and O–H groups in total. The lowest BCUT2D eigenvalue weighted by Gasteiger charge is -2.57. The molecule has 0 radical (unpaired) electrons. The lowest BCUT2D eigenvalue weighted by molar-refractivity contribution is -0.131. The summed E-state index contributed by atoms with van der Waals surface area (Å²) in [4.78, 5) is 15.3. The van der Waals surface area contributed by atoms with Gasteiger partial charge in [0.2, 0.25) is 5.91 Å². The van der Waals surface area contributed by atoms with Crippen molar-refractivity contribution in [2.75, 3.05) is 13.1 Å². The molecule has 5 rings (SSSR count). The Bertz CT molecular complexity index is 390. The molecule has 1 amide bonds. The van der Waals surface area contributed by atoms with E-state index in [9.17, 15) is 4.79 Å². The van der Waals surface area contributed by atoms with Crippen LogP contribution >= 0.6 is 0 Å². The average molecular weight is 304 g/mol. The van der Waals surface area contributed by atoms with Crippen LogP contribution < -0.4 is 5.32 Å². The highest BCUT2D eigenvalue weighted by atomic mass is 16.2. The summed E-state index contributed by atoms with van der Waals surface area (Å²) in [6.07, 6.45) is 13.3. The van der Waals surface area contributed by atoms with Crippen molar-refractivity contribution in [3.05, 3.63) is 0 Å². The molecule has 0 aromatic rings. The second-order valence-electron chi connectivity index (χ2n) is 8.81. The van der Waals surface area contributed by atoms with Crippen LogP contribution in [0.3, 0.4) is 0 Å². The van der Waals surface area contributed by atoms with E-state index in [1.165, 1.54) is 64.2 Å². The van der Waals surface area contributed by atoms with Gasteiger partial charge in [0.05, 0.1) is 6.04 Å². The summed E-state index contributed by atoms with van der Waals surface area (Å²) in [7, 11) is 0. The Morgan fingerprint density at radius 3 is 1.95 bits per heavy atom. The predicted molar refractivity (Wildman–Crippen MR) is 88.5 cm³/mol. The summed E-state index contributed by atoms with van der Waals surface area (Å²) in [5.41, 5.74) is 0.173. The smallest absolute Gasteiger partial charge is 0.237 e. The number of carbonyl (C=O) groups excluding carboxylic acids is 1. The zero-order chi connectivity index (χ0) is 15.2. The number of amides is 1. The maximum atomic E-state index is 12.9. The Balaban J connectivity index is 1.41. The average Bonchev–Trinajstić information content (AvgIpc) is 2.73. The van der Waals surface area contributed by atoms with Gasteiger partial charge in [-0.25, -0.2) is 0 Å². The third-order valence-corrected chi connectivity index (χ3v) is 6.99. The van der Waals surface area contributed by atoms with E-state index in [2.05, 4.69) is 17.1 Å². The molecule has 5 fully saturated rings. The van der Waals surface area contributed by atoms with Crippen LogP contribution in [0.2, 0.25) is 0 Å². The van der Waals surface area contributed by atoms with Gasteiger partial charge in [-0.2, -0.15) is 0 Å². The summed E-state index contributed by atoms with van der Waals surface area (Å²) < 4.78 is 0. The third kappa shape index (κ3) is 2.81. The molecule has 22 heavy (non-hydrogen) atoms. The molecular formula is C19H32N2O. The number of rotatable bonds is 3. The van der Waals surface area contributed by atoms with Gasteiger partial charge in [-0.05, 0) is 89.1 Å². The van der Waals surface area contributed by atoms with Crippen molar-refractivity contribution in [3.8, 4) is 0 Å². The second kappa shape index (κ2) is 5.81. The molecule has 0 aromatic carbocycles. The number of likely N-dealkylation sites (tertiary alicyclic amines) is 1. The Kier molecular flexibility index (Phi) is 3.96. The van der Waals surface area contributed by atoms with Gasteiger partial charge in [0, 0.05) is 5.54 Å². The maximum absolute atomic E-state index is 12.9. The molecular weight excluding hydrogens is 272 g/mol. The molecule has 5 aliphatic rings. The number of nitrogens with zero attached hydrogens (tertiary/aromatic N) is 1. The fraction of sp³-hybridized carbons (Fsp3) is 0.947. The van der Waals surface area contributed by atoms with Gasteiger partial charge in [0.1, 0.15) is 0 Å². The van der Waals surface area contributed by atoms with Crippen molar-refractivity contribution >= 4 is 5.91 Å². The van der Waals surface area contributed by atoms with Gasteiger partial charge in [-0.1, -0.05) is 12.8 Å². The first-order chi connectivity index (χ1) is 10.6. The second-order valence-corrected chi connectivity index (χ2v) is 8.81. The van der Waals surface area contributed by atoms with E-state index in [1.54, 1.807) is 0 Å². The van der Waals surface area contributed by atoms with Gasteiger partial charge >= 0.3 is 0 Å². The number of hydrogen-bond acceptors (Lipinski definition) is 2. The van der Waals surface area contributed by atoms with E-state index >= 15 is 0 Å². The molecule has 4 saturated carbocycles. The zero-order valence-electron chi connectivity index (χ0n) is 14.2. The zero-order valence-corrected chi connectivity index (χ0v) is 14.2. The fourth-order valence-corrected chi connectivity index (χ4v) is 6.28. The topological polar surface area (TPSA) is 32.3 Å². The SMILES string of the molecule is C[C@H](C(=O)NC12CC3CC(CC(C3)C1)C2)N1CCCCCC1. The van der Waals surface area contributed by atoms with E-state index < -0.39 is 0 Å². The van der Waals surface area contributed by atoms with Crippen LogP contribution in [0.4, 0.5) is 0 Å². The molecule has 3 nitrogen and oxygen atoms in total. The molecule has 1 heterocycles. The van der Waals surface area contributed by atoms with Crippen LogP contribution in [-0.4, -0.2) is 35.5 Å². The van der Waals surface area contributed by atoms with Gasteiger partial charge in [0.25, 0.3) is 0 Å². The van der Waals surface area contributed by atoms with E-state index in [0.717, 1.165) is 30.8 Å². The summed E-state index contributed by atoms with van der Waals surface area (Å²) in [6, 6.07) is 0.0612. The summed E-state index contributed by atoms with van der Waals surface area (Å²) >= 11 is 0. The van der Waals surface area contributed by atoms with Crippen LogP contribution in [0.25, 0.3) is 0 Å². The van der Waals surface area contributed by atoms with Crippen LogP contribution in [-0.2, 0) is 4.79 Å². The Morgan fingerprint density at radius 2 is 1.45 bits per heavy atom. The van der Waals surface area contributed by atoms with Crippen molar-refractivity contribution in [1.29, 1.82) is 0 Å². The highest BCUT2D eigenvalue weighted by molar-refractivity contribution is 5.82. The van der Waals surface area contributed by atoms with Gasteiger partial charge in [0.15, 0.2) is 0 Å². The Hall–Kier alpha value is -0.570. The molecule has 0 spiro atoms. The monoisotopic (exact) mass is 304 g/mol. The van der Waals surface area contributed by atoms with E-state index in [1.807, 2.05) is 0 Å². The molecule has 3 heteroatoms. The van der Waals surface area contributed by atoms with E-state index in [4.69, 9.17) is 0 Å². The molecule has 1 atom stereocenters. The molecule has 1 aliphatic heterocycles. The van der Waals surface area contributed by atoms with Crippen molar-refractivity contribution in [2.45, 2.75) is 82.7 Å². The highest BCUT2D eigenvalue weighted by Gasteiger charge is 2.51. The number of hydrogen-bond donors (Lipinski definition) is 1. The minimum absolute atomic E-state index is 0.0612. The predicted octanol–water partition coefficient (Wildman–Crippen LogP) is 3.34. The molecule has 124 valence electrons. The van der Waals surface area contributed by atoms with E-state index in [-0.39, 0.29) is 11.6 Å². The van der Waals surface area contributed by atoms with Crippen LogP contribution in [0.15, 0.2) is 0 Å². The van der Waals surface area contributed by atoms with Crippen LogP contribution in [0.1, 0.15) is 71.1 Å². The van der Waals surface area contributed by atoms with Crippen LogP contribution in [0.5, 0.6) is 0 Å². The minimum atomic E-state index is 0.0612. The Labute approximate surface area is 135 Å². The summed E-state index contributed by atoms with van der Waals surface area (Å²) in [5, 5.41) is 3.56. The van der Waals surface area contributed by atoms with Crippen molar-refractivity contribution in [1.82, 2.24) is 10.2 Å². The maximum Gasteiger partial charge on any atom is 0.237 e. The third-order valence-electron chi connectivity index (χ3n) is 6.99. The van der Waals surface area contributed by atoms with Crippen molar-refractivity contribution in [2.24, 2.45) is 17.8 Å². The van der Waals surface area contributed by atoms with Crippen molar-refractivity contribution in [3.63, 3.8) is 0 Å². The van der Waals surface area contributed by atoms with Gasteiger partial charge < -0.3 is 5.32 Å². The Morgan fingerprint density at radius 1 is 0.955 bits per heavy atom. The first-order valence-corrected chi connectivity index (χ1v) is 9.70. The molecule has 4 bridgehead atoms. The van der Waals surface area contributed by atoms with Gasteiger partial charge in [-0.15, -0.1) is 0 Å². The summed E-state index contributed by atoms with van der Waals surface area (Å²) in [6.45, 7) is 4.34. The van der Waals surface area contributed by atoms with Gasteiger partial charge in [-0.3, -0.25) is 9.69 Å². The first-order valence-electron chi connectivity index (χ1n) is 9.70. The quantitative estimate of drug-likeness (QED) is 0.867. The normalized spacial score (nSPS) is 42.9. The molecule has 4 aliphatic carbocycles. The van der Waals surface area contributed by atoms with E-state index in [0.29, 0.717) is 5.91 Å². The number of nitrogens with one attached hydrogen (secondary N) is 1. The lowest BCUT2D eigenvalue weighted by Crippen LogP contribution is -2.62. The first kappa shape index (κ1) is 15.0.